The van der Waals surface area contributed by atoms with Gasteiger partial charge in [-0.1, -0.05) is 32.7 Å². The van der Waals surface area contributed by atoms with E-state index in [1.54, 1.807) is 25.1 Å². The molecule has 8 nitrogen and oxygen atoms in total. The summed E-state index contributed by atoms with van der Waals surface area (Å²) in [7, 11) is 0. The van der Waals surface area contributed by atoms with Gasteiger partial charge in [0, 0.05) is 22.3 Å². The van der Waals surface area contributed by atoms with Crippen LogP contribution < -0.4 is 5.32 Å². The third-order valence-corrected chi connectivity index (χ3v) is 6.39. The molecule has 3 aromatic rings. The molecule has 2 aromatic carbocycles. The summed E-state index contributed by atoms with van der Waals surface area (Å²) in [5.41, 5.74) is 1.61. The Labute approximate surface area is 210 Å². The van der Waals surface area contributed by atoms with Gasteiger partial charge in [-0.05, 0) is 68.8 Å². The molecule has 1 unspecified atom stereocenters. The van der Waals surface area contributed by atoms with Crippen molar-refractivity contribution in [1.29, 1.82) is 0 Å². The maximum absolute atomic E-state index is 12.9. The minimum absolute atomic E-state index is 0.108. The zero-order valence-electron chi connectivity index (χ0n) is 18.6. The molecule has 1 aliphatic heterocycles. The van der Waals surface area contributed by atoms with Crippen molar-refractivity contribution >= 4 is 45.1 Å². The van der Waals surface area contributed by atoms with Gasteiger partial charge in [0.1, 0.15) is 0 Å². The van der Waals surface area contributed by atoms with Gasteiger partial charge in [-0.2, -0.15) is 4.98 Å². The van der Waals surface area contributed by atoms with E-state index >= 15 is 0 Å². The Bertz CT molecular complexity index is 1170. The second kappa shape index (κ2) is 11.1. The van der Waals surface area contributed by atoms with E-state index in [0.29, 0.717) is 30.5 Å². The number of aromatic nitrogens is 2. The van der Waals surface area contributed by atoms with E-state index in [0.717, 1.165) is 29.4 Å². The molecule has 4 rings (SSSR count). The first-order valence-corrected chi connectivity index (χ1v) is 12.2. The molecule has 178 valence electrons. The highest BCUT2D eigenvalue weighted by Crippen LogP contribution is 2.25. The van der Waals surface area contributed by atoms with Crippen molar-refractivity contribution in [2.75, 3.05) is 25.0 Å². The number of benzene rings is 2. The van der Waals surface area contributed by atoms with Gasteiger partial charge in [0.2, 0.25) is 17.6 Å². The van der Waals surface area contributed by atoms with Crippen molar-refractivity contribution in [3.63, 3.8) is 0 Å². The molecular weight excluding hydrogens is 524 g/mol. The molecule has 1 saturated heterocycles. The molecule has 0 saturated carbocycles. The molecule has 1 amide bonds. The number of nitrogens with zero attached hydrogens (tertiary/aromatic N) is 3. The fourth-order valence-electron chi connectivity index (χ4n) is 3.85. The first-order chi connectivity index (χ1) is 16.4. The van der Waals surface area contributed by atoms with Crippen molar-refractivity contribution in [2.24, 2.45) is 5.92 Å². The fraction of sp³-hybridized carbons (Fsp3) is 0.333. The predicted molar refractivity (Wildman–Crippen MR) is 131 cm³/mol. The normalized spacial score (nSPS) is 16.3. The summed E-state index contributed by atoms with van der Waals surface area (Å²) >= 11 is 9.53. The highest BCUT2D eigenvalue weighted by Gasteiger charge is 2.27. The van der Waals surface area contributed by atoms with Crippen LogP contribution >= 0.6 is 27.5 Å². The molecule has 1 aliphatic rings. The molecule has 1 N–H and O–H groups in total. The first kappa shape index (κ1) is 24.4. The average Bonchev–Trinajstić information content (AvgIpc) is 3.29. The third kappa shape index (κ3) is 6.02. The summed E-state index contributed by atoms with van der Waals surface area (Å²) in [6, 6.07) is 12.5. The number of carbonyl (C=O) groups excluding carboxylic acids is 2. The molecule has 34 heavy (non-hydrogen) atoms. The zero-order valence-corrected chi connectivity index (χ0v) is 20.9. The van der Waals surface area contributed by atoms with Crippen molar-refractivity contribution in [3.8, 4) is 11.4 Å². The number of ether oxygens (including phenoxy) is 1. The van der Waals surface area contributed by atoms with E-state index in [1.165, 1.54) is 0 Å². The van der Waals surface area contributed by atoms with Crippen molar-refractivity contribution in [1.82, 2.24) is 15.0 Å². The van der Waals surface area contributed by atoms with Crippen LogP contribution in [-0.4, -0.2) is 46.6 Å². The molecule has 1 aromatic heterocycles. The Morgan fingerprint density at radius 1 is 1.26 bits per heavy atom. The lowest BCUT2D eigenvalue weighted by Crippen LogP contribution is -2.40. The Kier molecular flexibility index (Phi) is 7.97. The van der Waals surface area contributed by atoms with Crippen LogP contribution in [-0.2, 0) is 16.1 Å². The van der Waals surface area contributed by atoms with Gasteiger partial charge in [-0.3, -0.25) is 9.69 Å². The van der Waals surface area contributed by atoms with Gasteiger partial charge in [-0.25, -0.2) is 4.79 Å². The van der Waals surface area contributed by atoms with E-state index in [-0.39, 0.29) is 29.0 Å². The van der Waals surface area contributed by atoms with Crippen LogP contribution in [0, 0.1) is 5.92 Å². The summed E-state index contributed by atoms with van der Waals surface area (Å²) in [6.07, 6.45) is 1.65. The molecule has 0 bridgehead atoms. The summed E-state index contributed by atoms with van der Waals surface area (Å²) in [6.45, 7) is 3.85. The third-order valence-electron chi connectivity index (χ3n) is 5.53. The van der Waals surface area contributed by atoms with E-state index in [4.69, 9.17) is 20.9 Å². The number of hydrogen-bond donors (Lipinski definition) is 1. The molecule has 2 heterocycles. The molecule has 1 atom stereocenters. The highest BCUT2D eigenvalue weighted by molar-refractivity contribution is 9.10. The number of anilines is 1. The van der Waals surface area contributed by atoms with Crippen molar-refractivity contribution in [2.45, 2.75) is 26.3 Å². The number of esters is 1. The fourth-order valence-corrected chi connectivity index (χ4v) is 4.31. The van der Waals surface area contributed by atoms with Crippen molar-refractivity contribution < 1.29 is 18.8 Å². The van der Waals surface area contributed by atoms with Crippen LogP contribution in [0.15, 0.2) is 51.5 Å². The van der Waals surface area contributed by atoms with E-state index in [9.17, 15) is 9.59 Å². The minimum Gasteiger partial charge on any atom is -0.462 e. The Hall–Kier alpha value is -2.75. The van der Waals surface area contributed by atoms with Gasteiger partial charge in [-0.15, -0.1) is 0 Å². The lowest BCUT2D eigenvalue weighted by Gasteiger charge is -2.30. The lowest BCUT2D eigenvalue weighted by atomic mass is 9.97. The molecule has 1 fully saturated rings. The SMILES string of the molecule is CCOC(=O)c1cc(NC(=O)C2CCCN(Cc3nc(-c4ccc(Br)cc4)no3)C2)ccc1Cl. The largest absolute Gasteiger partial charge is 0.462 e. The first-order valence-electron chi connectivity index (χ1n) is 11.0. The summed E-state index contributed by atoms with van der Waals surface area (Å²) in [5.74, 6) is 0.214. The van der Waals surface area contributed by atoms with Crippen LogP contribution in [0.25, 0.3) is 11.4 Å². The Morgan fingerprint density at radius 2 is 2.06 bits per heavy atom. The quantitative estimate of drug-likeness (QED) is 0.407. The second-order valence-corrected chi connectivity index (χ2v) is 9.32. The number of piperidine rings is 1. The van der Waals surface area contributed by atoms with E-state index in [1.807, 2.05) is 24.3 Å². The Morgan fingerprint density at radius 3 is 2.82 bits per heavy atom. The van der Waals surface area contributed by atoms with Crippen LogP contribution in [0.2, 0.25) is 5.02 Å². The zero-order chi connectivity index (χ0) is 24.1. The number of amides is 1. The van der Waals surface area contributed by atoms with E-state index < -0.39 is 5.97 Å². The van der Waals surface area contributed by atoms with Crippen molar-refractivity contribution in [3.05, 3.63) is 63.4 Å². The maximum atomic E-state index is 12.9. The number of nitrogens with one attached hydrogen (secondary N) is 1. The maximum Gasteiger partial charge on any atom is 0.339 e. The van der Waals surface area contributed by atoms with Gasteiger partial charge in [0.25, 0.3) is 0 Å². The average molecular weight is 548 g/mol. The molecular formula is C24H24BrClN4O4. The number of hydrogen-bond acceptors (Lipinski definition) is 7. The van der Waals surface area contributed by atoms with Crippen LogP contribution in [0.4, 0.5) is 5.69 Å². The molecule has 0 aliphatic carbocycles. The number of likely N-dealkylation sites (tertiary alicyclic amines) is 1. The Balaban J connectivity index is 1.37. The standard InChI is InChI=1S/C24H24BrClN4O4/c1-2-33-24(32)19-12-18(9-10-20(19)26)27-23(31)16-4-3-11-30(13-16)14-21-28-22(29-34-21)15-5-7-17(25)8-6-15/h5-10,12,16H,2-4,11,13-14H2,1H3,(H,27,31). The van der Waals surface area contributed by atoms with Gasteiger partial charge < -0.3 is 14.6 Å². The highest BCUT2D eigenvalue weighted by atomic mass is 79.9. The van der Waals surface area contributed by atoms with Crippen LogP contribution in [0.3, 0.4) is 0 Å². The minimum atomic E-state index is -0.519. The van der Waals surface area contributed by atoms with E-state index in [2.05, 4.69) is 36.3 Å². The lowest BCUT2D eigenvalue weighted by molar-refractivity contribution is -0.121. The number of carbonyl (C=O) groups is 2. The predicted octanol–water partition coefficient (Wildman–Crippen LogP) is 5.18. The topological polar surface area (TPSA) is 97.6 Å². The summed E-state index contributed by atoms with van der Waals surface area (Å²) in [5, 5.41) is 7.26. The summed E-state index contributed by atoms with van der Waals surface area (Å²) < 4.78 is 11.4. The number of rotatable bonds is 7. The monoisotopic (exact) mass is 546 g/mol. The molecule has 10 heteroatoms. The van der Waals surface area contributed by atoms with Crippen LogP contribution in [0.1, 0.15) is 36.0 Å². The van der Waals surface area contributed by atoms with Gasteiger partial charge in [0.15, 0.2) is 0 Å². The second-order valence-electron chi connectivity index (χ2n) is 8.00. The van der Waals surface area contributed by atoms with Crippen LogP contribution in [0.5, 0.6) is 0 Å². The number of halogens is 2. The van der Waals surface area contributed by atoms with Gasteiger partial charge in [0.05, 0.1) is 29.7 Å². The smallest absolute Gasteiger partial charge is 0.339 e. The molecule has 0 radical (unpaired) electrons. The van der Waals surface area contributed by atoms with Gasteiger partial charge >= 0.3 is 5.97 Å². The summed E-state index contributed by atoms with van der Waals surface area (Å²) in [4.78, 5) is 31.6. The molecule has 0 spiro atoms.